The van der Waals surface area contributed by atoms with Crippen LogP contribution >= 0.6 is 0 Å². The first kappa shape index (κ1) is 15.2. The van der Waals surface area contributed by atoms with Gasteiger partial charge >= 0.3 is 0 Å². The first-order valence-electron chi connectivity index (χ1n) is 9.27. The molecule has 3 heteroatoms. The minimum Gasteiger partial charge on any atom is -0.352 e. The molecule has 23 heavy (non-hydrogen) atoms. The van der Waals surface area contributed by atoms with Gasteiger partial charge in [-0.3, -0.25) is 4.79 Å². The number of hydrogen-bond donors (Lipinski definition) is 2. The van der Waals surface area contributed by atoms with E-state index in [-0.39, 0.29) is 5.41 Å². The van der Waals surface area contributed by atoms with Crippen LogP contribution in [0.2, 0.25) is 0 Å². The standard InChI is InChI=1S/C20H28N2O/c21-17-11-15-7-4-8-16(12-17)18(15)22-19(23)20(9-10-20)13-14-5-2-1-3-6-14/h1-3,5-6,15-18H,4,7-13,21H2,(H,22,23). The summed E-state index contributed by atoms with van der Waals surface area (Å²) in [6.45, 7) is 0. The lowest BCUT2D eigenvalue weighted by atomic mass is 9.67. The molecule has 3 aliphatic carbocycles. The molecule has 1 amide bonds. The Labute approximate surface area is 139 Å². The number of fused-ring (bicyclic) bond motifs is 2. The molecule has 0 aliphatic heterocycles. The van der Waals surface area contributed by atoms with E-state index in [0.717, 1.165) is 32.1 Å². The van der Waals surface area contributed by atoms with Gasteiger partial charge in [0.2, 0.25) is 5.91 Å². The first-order valence-corrected chi connectivity index (χ1v) is 9.27. The van der Waals surface area contributed by atoms with Crippen LogP contribution in [0.25, 0.3) is 0 Å². The summed E-state index contributed by atoms with van der Waals surface area (Å²) in [6, 6.07) is 11.2. The highest BCUT2D eigenvalue weighted by Crippen LogP contribution is 2.49. The number of nitrogens with one attached hydrogen (secondary N) is 1. The SMILES string of the molecule is NC1CC2CCCC(C1)C2NC(=O)C1(Cc2ccccc2)CC1. The Balaban J connectivity index is 1.43. The van der Waals surface area contributed by atoms with Crippen LogP contribution in [-0.2, 0) is 11.2 Å². The fourth-order valence-electron chi connectivity index (χ4n) is 4.95. The average Bonchev–Trinajstić information content (AvgIpc) is 3.30. The molecule has 0 aromatic heterocycles. The maximum absolute atomic E-state index is 13.0. The van der Waals surface area contributed by atoms with Gasteiger partial charge in [-0.05, 0) is 62.3 Å². The van der Waals surface area contributed by atoms with Crippen molar-refractivity contribution in [1.29, 1.82) is 0 Å². The van der Waals surface area contributed by atoms with Gasteiger partial charge in [-0.1, -0.05) is 36.8 Å². The van der Waals surface area contributed by atoms with Crippen LogP contribution in [0.3, 0.4) is 0 Å². The molecule has 3 nitrogen and oxygen atoms in total. The van der Waals surface area contributed by atoms with Gasteiger partial charge in [0.15, 0.2) is 0 Å². The topological polar surface area (TPSA) is 55.1 Å². The van der Waals surface area contributed by atoms with Gasteiger partial charge in [-0.25, -0.2) is 0 Å². The summed E-state index contributed by atoms with van der Waals surface area (Å²) >= 11 is 0. The molecule has 4 rings (SSSR count). The Hall–Kier alpha value is -1.35. The van der Waals surface area contributed by atoms with Crippen molar-refractivity contribution < 1.29 is 4.79 Å². The molecule has 0 radical (unpaired) electrons. The minimum absolute atomic E-state index is 0.130. The molecule has 2 unspecified atom stereocenters. The summed E-state index contributed by atoms with van der Waals surface area (Å²) in [5.74, 6) is 1.52. The minimum atomic E-state index is -0.130. The van der Waals surface area contributed by atoms with Gasteiger partial charge in [-0.15, -0.1) is 0 Å². The summed E-state index contributed by atoms with van der Waals surface area (Å²) in [5, 5.41) is 3.47. The monoisotopic (exact) mass is 312 g/mol. The summed E-state index contributed by atoms with van der Waals surface area (Å²) in [6.07, 6.45) is 8.93. The molecular formula is C20H28N2O. The molecule has 2 atom stereocenters. The molecule has 2 bridgehead atoms. The van der Waals surface area contributed by atoms with E-state index in [1.54, 1.807) is 0 Å². The maximum atomic E-state index is 13.0. The molecule has 124 valence electrons. The van der Waals surface area contributed by atoms with Crippen molar-refractivity contribution in [3.8, 4) is 0 Å². The summed E-state index contributed by atoms with van der Waals surface area (Å²) < 4.78 is 0. The van der Waals surface area contributed by atoms with Crippen molar-refractivity contribution in [2.75, 3.05) is 0 Å². The molecule has 0 saturated heterocycles. The number of carbonyl (C=O) groups is 1. The van der Waals surface area contributed by atoms with Crippen LogP contribution in [0.4, 0.5) is 0 Å². The van der Waals surface area contributed by atoms with Crippen molar-refractivity contribution in [3.05, 3.63) is 35.9 Å². The highest BCUT2D eigenvalue weighted by Gasteiger charge is 2.51. The van der Waals surface area contributed by atoms with Crippen LogP contribution < -0.4 is 11.1 Å². The first-order chi connectivity index (χ1) is 11.2. The van der Waals surface area contributed by atoms with Crippen molar-refractivity contribution >= 4 is 5.91 Å². The van der Waals surface area contributed by atoms with E-state index in [1.807, 2.05) is 6.07 Å². The number of nitrogens with two attached hydrogens (primary N) is 1. The summed E-state index contributed by atoms with van der Waals surface area (Å²) in [4.78, 5) is 13.0. The Morgan fingerprint density at radius 2 is 1.78 bits per heavy atom. The predicted molar refractivity (Wildman–Crippen MR) is 91.8 cm³/mol. The molecule has 1 aromatic rings. The van der Waals surface area contributed by atoms with Crippen LogP contribution in [0, 0.1) is 17.3 Å². The Kier molecular flexibility index (Phi) is 3.92. The number of carbonyl (C=O) groups excluding carboxylic acids is 1. The predicted octanol–water partition coefficient (Wildman–Crippen LogP) is 3.03. The Bertz CT molecular complexity index is 552. The summed E-state index contributed by atoms with van der Waals surface area (Å²) in [5.41, 5.74) is 7.36. The van der Waals surface area contributed by atoms with E-state index in [4.69, 9.17) is 5.73 Å². The van der Waals surface area contributed by atoms with E-state index in [1.165, 1.54) is 24.8 Å². The highest BCUT2D eigenvalue weighted by molar-refractivity contribution is 5.86. The van der Waals surface area contributed by atoms with Crippen molar-refractivity contribution in [1.82, 2.24) is 5.32 Å². The van der Waals surface area contributed by atoms with Crippen LogP contribution in [-0.4, -0.2) is 18.0 Å². The van der Waals surface area contributed by atoms with Crippen molar-refractivity contribution in [2.24, 2.45) is 23.0 Å². The maximum Gasteiger partial charge on any atom is 0.226 e. The zero-order chi connectivity index (χ0) is 15.9. The number of rotatable bonds is 4. The van der Waals surface area contributed by atoms with Crippen LogP contribution in [0.1, 0.15) is 50.5 Å². The van der Waals surface area contributed by atoms with Crippen LogP contribution in [0.15, 0.2) is 30.3 Å². The fraction of sp³-hybridized carbons (Fsp3) is 0.650. The fourth-order valence-corrected chi connectivity index (χ4v) is 4.95. The lowest BCUT2D eigenvalue weighted by Crippen LogP contribution is -2.55. The van der Waals surface area contributed by atoms with Gasteiger partial charge in [0.05, 0.1) is 5.41 Å². The van der Waals surface area contributed by atoms with Gasteiger partial charge < -0.3 is 11.1 Å². The van der Waals surface area contributed by atoms with E-state index in [9.17, 15) is 4.79 Å². The quantitative estimate of drug-likeness (QED) is 0.898. The molecule has 3 saturated carbocycles. The number of amides is 1. The molecule has 3 N–H and O–H groups in total. The van der Waals surface area contributed by atoms with Crippen molar-refractivity contribution in [3.63, 3.8) is 0 Å². The zero-order valence-corrected chi connectivity index (χ0v) is 13.8. The third kappa shape index (κ3) is 3.03. The number of hydrogen-bond acceptors (Lipinski definition) is 2. The largest absolute Gasteiger partial charge is 0.352 e. The van der Waals surface area contributed by atoms with Gasteiger partial charge in [-0.2, -0.15) is 0 Å². The third-order valence-corrected chi connectivity index (χ3v) is 6.39. The summed E-state index contributed by atoms with van der Waals surface area (Å²) in [7, 11) is 0. The lowest BCUT2D eigenvalue weighted by Gasteiger charge is -2.45. The second-order valence-electron chi connectivity index (χ2n) is 8.12. The highest BCUT2D eigenvalue weighted by atomic mass is 16.2. The molecule has 3 fully saturated rings. The third-order valence-electron chi connectivity index (χ3n) is 6.39. The van der Waals surface area contributed by atoms with Gasteiger partial charge in [0, 0.05) is 12.1 Å². The molecule has 0 heterocycles. The van der Waals surface area contributed by atoms with Crippen molar-refractivity contribution in [2.45, 2.75) is 63.5 Å². The van der Waals surface area contributed by atoms with E-state index in [0.29, 0.717) is 29.8 Å². The zero-order valence-electron chi connectivity index (χ0n) is 13.8. The van der Waals surface area contributed by atoms with E-state index >= 15 is 0 Å². The molecule has 1 aromatic carbocycles. The smallest absolute Gasteiger partial charge is 0.226 e. The lowest BCUT2D eigenvalue weighted by molar-refractivity contribution is -0.128. The average molecular weight is 312 g/mol. The molecule has 0 spiro atoms. The van der Waals surface area contributed by atoms with E-state index in [2.05, 4.69) is 29.6 Å². The van der Waals surface area contributed by atoms with Crippen LogP contribution in [0.5, 0.6) is 0 Å². The second-order valence-corrected chi connectivity index (χ2v) is 8.12. The molecule has 3 aliphatic rings. The molecular weight excluding hydrogens is 284 g/mol. The Morgan fingerprint density at radius 1 is 1.13 bits per heavy atom. The normalized spacial score (nSPS) is 34.7. The van der Waals surface area contributed by atoms with Gasteiger partial charge in [0.25, 0.3) is 0 Å². The number of benzene rings is 1. The second kappa shape index (κ2) is 5.94. The van der Waals surface area contributed by atoms with Gasteiger partial charge in [0.1, 0.15) is 0 Å². The Morgan fingerprint density at radius 3 is 2.39 bits per heavy atom. The van der Waals surface area contributed by atoms with E-state index < -0.39 is 0 Å².